The summed E-state index contributed by atoms with van der Waals surface area (Å²) < 4.78 is 50.0. The lowest BCUT2D eigenvalue weighted by molar-refractivity contribution is -0.0664. The van der Waals surface area contributed by atoms with Gasteiger partial charge in [0.2, 0.25) is 0 Å². The SMILES string of the molecule is Nc1ncnc2c1ncn2[C@@H]1O[C@@H]2COP(=O)(O)OC2C1O.Nc1ncnc2c1ncn2[C@@H]1O[C@H](COP(=O)(O)O)C(O)C1O. The number of anilines is 2. The summed E-state index contributed by atoms with van der Waals surface area (Å²) in [6.07, 6.45) is -3.56. The van der Waals surface area contributed by atoms with Crippen molar-refractivity contribution in [3.63, 3.8) is 0 Å². The summed E-state index contributed by atoms with van der Waals surface area (Å²) in [6, 6.07) is 0. The van der Waals surface area contributed by atoms with Gasteiger partial charge >= 0.3 is 15.6 Å². The first-order valence-corrected chi connectivity index (χ1v) is 15.8. The van der Waals surface area contributed by atoms with E-state index < -0.39 is 71.3 Å². The van der Waals surface area contributed by atoms with Crippen LogP contribution in [-0.4, -0.2) is 119 Å². The van der Waals surface area contributed by atoms with Crippen molar-refractivity contribution in [1.82, 2.24) is 39.0 Å². The van der Waals surface area contributed by atoms with Crippen LogP contribution in [0, 0.1) is 0 Å². The van der Waals surface area contributed by atoms with Crippen LogP contribution in [0.3, 0.4) is 0 Å². The van der Waals surface area contributed by atoms with Crippen molar-refractivity contribution in [1.29, 1.82) is 0 Å². The number of nitrogens with zero attached hydrogens (tertiary/aromatic N) is 8. The van der Waals surface area contributed by atoms with E-state index in [1.165, 1.54) is 34.4 Å². The summed E-state index contributed by atoms with van der Waals surface area (Å²) in [5, 5.41) is 30.4. The molecule has 7 heterocycles. The van der Waals surface area contributed by atoms with Crippen LogP contribution >= 0.6 is 15.6 Å². The maximum absolute atomic E-state index is 11.5. The van der Waals surface area contributed by atoms with Crippen LogP contribution < -0.4 is 11.5 Å². The quantitative estimate of drug-likeness (QED) is 0.0998. The van der Waals surface area contributed by atoms with Crippen LogP contribution in [0.15, 0.2) is 25.3 Å². The van der Waals surface area contributed by atoms with Crippen molar-refractivity contribution >= 4 is 49.6 Å². The van der Waals surface area contributed by atoms with Crippen molar-refractivity contribution in [2.45, 2.75) is 49.1 Å². The highest BCUT2D eigenvalue weighted by Gasteiger charge is 2.52. The molecule has 0 bridgehead atoms. The Morgan fingerprint density at radius 1 is 0.889 bits per heavy atom. The molecular formula is C20H26N10O13P2. The third kappa shape index (κ3) is 6.14. The van der Waals surface area contributed by atoms with Crippen LogP contribution in [0.4, 0.5) is 11.6 Å². The van der Waals surface area contributed by atoms with E-state index in [0.717, 1.165) is 0 Å². The number of aromatic nitrogens is 8. The topological polar surface area (TPSA) is 341 Å². The number of imidazole rings is 2. The van der Waals surface area contributed by atoms with E-state index in [4.69, 9.17) is 35.3 Å². The molecule has 244 valence electrons. The van der Waals surface area contributed by atoms with Gasteiger partial charge in [-0.1, -0.05) is 0 Å². The molecule has 7 rings (SSSR count). The number of nitrogens with two attached hydrogens (primary N) is 2. The predicted octanol–water partition coefficient (Wildman–Crippen LogP) is -2.68. The van der Waals surface area contributed by atoms with Gasteiger partial charge in [0.1, 0.15) is 60.3 Å². The summed E-state index contributed by atoms with van der Waals surface area (Å²) in [5.74, 6) is 0.344. The number of phosphoric acid groups is 2. The Morgan fingerprint density at radius 3 is 2.00 bits per heavy atom. The van der Waals surface area contributed by atoms with Gasteiger partial charge in [0.05, 0.1) is 25.9 Å². The summed E-state index contributed by atoms with van der Waals surface area (Å²) >= 11 is 0. The third-order valence-electron chi connectivity index (χ3n) is 7.03. The van der Waals surface area contributed by atoms with Gasteiger partial charge in [-0.2, -0.15) is 0 Å². The molecular weight excluding hydrogens is 650 g/mol. The molecule has 25 heteroatoms. The molecule has 3 aliphatic heterocycles. The molecule has 0 saturated carbocycles. The molecule has 9 atom stereocenters. The monoisotopic (exact) mass is 676 g/mol. The second-order valence-corrected chi connectivity index (χ2v) is 12.5. The zero-order valence-electron chi connectivity index (χ0n) is 22.5. The number of fused-ring (bicyclic) bond motifs is 3. The fourth-order valence-corrected chi connectivity index (χ4v) is 6.25. The van der Waals surface area contributed by atoms with Crippen molar-refractivity contribution in [3.05, 3.63) is 25.3 Å². The van der Waals surface area contributed by atoms with Gasteiger partial charge in [0, 0.05) is 0 Å². The highest BCUT2D eigenvalue weighted by Crippen LogP contribution is 2.52. The van der Waals surface area contributed by atoms with Crippen molar-refractivity contribution in [3.8, 4) is 0 Å². The van der Waals surface area contributed by atoms with Crippen LogP contribution in [-0.2, 0) is 32.2 Å². The minimum Gasteiger partial charge on any atom is -0.387 e. The number of rotatable bonds is 5. The molecule has 0 radical (unpaired) electrons. The molecule has 5 unspecified atom stereocenters. The molecule has 3 fully saturated rings. The van der Waals surface area contributed by atoms with Crippen molar-refractivity contribution < 1.29 is 62.2 Å². The van der Waals surface area contributed by atoms with Crippen LogP contribution in [0.5, 0.6) is 0 Å². The molecule has 0 aliphatic carbocycles. The van der Waals surface area contributed by atoms with Gasteiger partial charge in [-0.15, -0.1) is 0 Å². The number of nitrogen functional groups attached to an aromatic ring is 2. The summed E-state index contributed by atoms with van der Waals surface area (Å²) in [6.45, 7) is -0.751. The Balaban J connectivity index is 0.000000159. The Morgan fingerprint density at radius 2 is 1.44 bits per heavy atom. The van der Waals surface area contributed by atoms with E-state index in [-0.39, 0.29) is 23.9 Å². The third-order valence-corrected chi connectivity index (χ3v) is 8.50. The lowest BCUT2D eigenvalue weighted by Crippen LogP contribution is -2.39. The van der Waals surface area contributed by atoms with Crippen LogP contribution in [0.1, 0.15) is 12.5 Å². The number of hydrogen-bond acceptors (Lipinski definition) is 18. The number of phosphoric ester groups is 2. The van der Waals surface area contributed by atoms with E-state index in [2.05, 4.69) is 39.0 Å². The summed E-state index contributed by atoms with van der Waals surface area (Å²) in [4.78, 5) is 50.5. The fraction of sp³-hybridized carbons (Fsp3) is 0.500. The van der Waals surface area contributed by atoms with Gasteiger partial charge in [-0.3, -0.25) is 22.7 Å². The molecule has 3 saturated heterocycles. The first-order valence-electron chi connectivity index (χ1n) is 12.8. The van der Waals surface area contributed by atoms with Crippen LogP contribution in [0.25, 0.3) is 22.3 Å². The largest absolute Gasteiger partial charge is 0.472 e. The van der Waals surface area contributed by atoms with E-state index in [9.17, 15) is 29.3 Å². The number of aliphatic hydroxyl groups is 3. The first-order chi connectivity index (χ1) is 21.2. The Labute approximate surface area is 250 Å². The van der Waals surface area contributed by atoms with E-state index >= 15 is 0 Å². The number of hydrogen-bond donors (Lipinski definition) is 8. The second kappa shape index (κ2) is 11.8. The lowest BCUT2D eigenvalue weighted by atomic mass is 10.1. The fourth-order valence-electron chi connectivity index (χ4n) is 4.95. The highest BCUT2D eigenvalue weighted by molar-refractivity contribution is 7.47. The number of aliphatic hydroxyl groups excluding tert-OH is 3. The summed E-state index contributed by atoms with van der Waals surface area (Å²) in [5.41, 5.74) is 12.7. The minimum absolute atomic E-state index is 0.142. The average molecular weight is 676 g/mol. The maximum atomic E-state index is 11.5. The van der Waals surface area contributed by atoms with Crippen LogP contribution in [0.2, 0.25) is 0 Å². The Bertz CT molecular complexity index is 1800. The minimum atomic E-state index is -4.72. The molecule has 0 spiro atoms. The maximum Gasteiger partial charge on any atom is 0.472 e. The normalized spacial score (nSPS) is 33.3. The molecule has 4 aromatic rings. The lowest BCUT2D eigenvalue weighted by Gasteiger charge is -2.27. The second-order valence-electron chi connectivity index (χ2n) is 9.89. The van der Waals surface area contributed by atoms with E-state index in [1.807, 2.05) is 0 Å². The molecule has 10 N–H and O–H groups in total. The molecule has 0 aromatic carbocycles. The first kappa shape index (κ1) is 31.7. The standard InChI is InChI=1S/C10H14N5O7P.C10H12N5O6P/c11-8-5-9(13-2-12-8)15(3-14-5)10-7(17)6(16)4(22-10)1-21-23(18,19)20;11-8-5-9(13-2-12-8)15(3-14-5)10-6(16)7-4(20-10)1-19-22(17,18)21-7/h2-4,6-7,10,16-17H,1H2,(H2,11,12,13)(H2,18,19,20);2-4,6-7,10,16H,1H2,(H,17,18)(H2,11,12,13)/t2*4-,6?,7?,10-/m11/s1. The molecule has 3 aliphatic rings. The van der Waals surface area contributed by atoms with E-state index in [1.54, 1.807) is 0 Å². The molecule has 45 heavy (non-hydrogen) atoms. The predicted molar refractivity (Wildman–Crippen MR) is 144 cm³/mol. The van der Waals surface area contributed by atoms with Gasteiger partial charge in [0.25, 0.3) is 0 Å². The van der Waals surface area contributed by atoms with E-state index in [0.29, 0.717) is 16.7 Å². The van der Waals surface area contributed by atoms with Crippen molar-refractivity contribution in [2.24, 2.45) is 0 Å². The average Bonchev–Trinajstić information content (AvgIpc) is 3.74. The highest BCUT2D eigenvalue weighted by atomic mass is 31.2. The smallest absolute Gasteiger partial charge is 0.387 e. The number of ether oxygens (including phenoxy) is 2. The van der Waals surface area contributed by atoms with Gasteiger partial charge in [0.15, 0.2) is 35.4 Å². The zero-order chi connectivity index (χ0) is 32.3. The van der Waals surface area contributed by atoms with Gasteiger partial charge < -0.3 is 50.9 Å². The van der Waals surface area contributed by atoms with Gasteiger partial charge in [-0.05, 0) is 0 Å². The zero-order valence-corrected chi connectivity index (χ0v) is 24.3. The van der Waals surface area contributed by atoms with Gasteiger partial charge in [-0.25, -0.2) is 39.0 Å². The summed E-state index contributed by atoms with van der Waals surface area (Å²) in [7, 11) is -8.88. The Hall–Kier alpha value is -3.28. The molecule has 23 nitrogen and oxygen atoms in total. The van der Waals surface area contributed by atoms with Crippen molar-refractivity contribution in [2.75, 3.05) is 24.7 Å². The molecule has 0 amide bonds. The Kier molecular flexibility index (Phi) is 8.33. The molecule has 4 aromatic heterocycles.